The van der Waals surface area contributed by atoms with Gasteiger partial charge in [0, 0.05) is 0 Å². The van der Waals surface area contributed by atoms with Gasteiger partial charge in [-0.05, 0) is 29.8 Å². The molecule has 0 aromatic heterocycles. The molecule has 0 aliphatic heterocycles. The highest BCUT2D eigenvalue weighted by Gasteiger charge is 1.95. The topological polar surface area (TPSA) is 9.23 Å². The van der Waals surface area contributed by atoms with Crippen LogP contribution in [0.4, 0.5) is 0 Å². The van der Waals surface area contributed by atoms with Gasteiger partial charge in [-0.1, -0.05) is 42.5 Å². The minimum absolute atomic E-state index is 0.634. The highest BCUT2D eigenvalue weighted by Crippen LogP contribution is 2.20. The Bertz CT molecular complexity index is 471. The quantitative estimate of drug-likeness (QED) is 0.682. The number of ether oxygens (including phenoxy) is 1. The van der Waals surface area contributed by atoms with Crippen LogP contribution in [0.3, 0.4) is 0 Å². The van der Waals surface area contributed by atoms with Crippen molar-refractivity contribution in [3.05, 3.63) is 54.6 Å². The van der Waals surface area contributed by atoms with Gasteiger partial charge in [-0.25, -0.2) is 0 Å². The third-order valence-corrected chi connectivity index (χ3v) is 2.30. The molecule has 2 rings (SSSR count). The van der Waals surface area contributed by atoms with Gasteiger partial charge in [0.05, 0.1) is 0 Å². The molecule has 2 aromatic carbocycles. The molecule has 0 aliphatic rings. The van der Waals surface area contributed by atoms with Gasteiger partial charge in [-0.15, -0.1) is 0 Å². The van der Waals surface area contributed by atoms with Crippen molar-refractivity contribution in [3.63, 3.8) is 0 Å². The van der Waals surface area contributed by atoms with Crippen molar-refractivity contribution in [3.8, 4) is 5.75 Å². The van der Waals surface area contributed by atoms with Gasteiger partial charge < -0.3 is 4.74 Å². The molecule has 0 N–H and O–H groups in total. The van der Waals surface area contributed by atoms with Crippen LogP contribution in [-0.2, 0) is 0 Å². The van der Waals surface area contributed by atoms with Crippen molar-refractivity contribution in [2.24, 2.45) is 0 Å². The first-order valence-corrected chi connectivity index (χ1v) is 5.13. The molecule has 0 unspecified atom stereocenters. The lowest BCUT2D eigenvalue weighted by molar-refractivity contribution is 0.363. The third-order valence-electron chi connectivity index (χ3n) is 2.30. The number of benzene rings is 2. The molecule has 2 aromatic rings. The van der Waals surface area contributed by atoms with Crippen LogP contribution < -0.4 is 4.74 Å². The molecule has 0 aliphatic carbocycles. The standard InChI is InChI=1S/C14H14O/c1-2-3-10-15-14-9-8-12-6-4-5-7-13(12)11-14/h2-9,11H,10H2,1H3. The van der Waals surface area contributed by atoms with E-state index in [2.05, 4.69) is 24.3 Å². The molecule has 0 amide bonds. The first-order valence-electron chi connectivity index (χ1n) is 5.13. The molecule has 0 bridgehead atoms. The van der Waals surface area contributed by atoms with Crippen molar-refractivity contribution in [2.45, 2.75) is 6.92 Å². The van der Waals surface area contributed by atoms with Crippen LogP contribution in [-0.4, -0.2) is 6.61 Å². The van der Waals surface area contributed by atoms with Crippen LogP contribution in [0.2, 0.25) is 0 Å². The predicted octanol–water partition coefficient (Wildman–Crippen LogP) is 3.79. The van der Waals surface area contributed by atoms with E-state index in [1.54, 1.807) is 0 Å². The van der Waals surface area contributed by atoms with E-state index in [4.69, 9.17) is 4.74 Å². The fraction of sp³-hybridized carbons (Fsp3) is 0.143. The Kier molecular flexibility index (Phi) is 3.03. The summed E-state index contributed by atoms with van der Waals surface area (Å²) in [6.45, 7) is 2.62. The lowest BCUT2D eigenvalue weighted by Gasteiger charge is -2.04. The highest BCUT2D eigenvalue weighted by molar-refractivity contribution is 5.83. The Balaban J connectivity index is 2.23. The zero-order valence-electron chi connectivity index (χ0n) is 8.81. The van der Waals surface area contributed by atoms with Crippen LogP contribution in [0, 0.1) is 0 Å². The molecule has 0 saturated heterocycles. The first-order chi connectivity index (χ1) is 7.40. The molecule has 0 heterocycles. The van der Waals surface area contributed by atoms with Crippen LogP contribution in [0.5, 0.6) is 5.75 Å². The van der Waals surface area contributed by atoms with Gasteiger partial charge in [0.2, 0.25) is 0 Å². The molecular weight excluding hydrogens is 184 g/mol. The van der Waals surface area contributed by atoms with Gasteiger partial charge in [-0.3, -0.25) is 0 Å². The maximum atomic E-state index is 5.57. The first kappa shape index (κ1) is 9.78. The Morgan fingerprint density at radius 1 is 1.07 bits per heavy atom. The maximum absolute atomic E-state index is 5.57. The highest BCUT2D eigenvalue weighted by atomic mass is 16.5. The Labute approximate surface area is 90.0 Å². The Hall–Kier alpha value is -1.76. The van der Waals surface area contributed by atoms with Crippen LogP contribution >= 0.6 is 0 Å². The van der Waals surface area contributed by atoms with Crippen molar-refractivity contribution < 1.29 is 4.74 Å². The van der Waals surface area contributed by atoms with E-state index in [9.17, 15) is 0 Å². The molecule has 76 valence electrons. The van der Waals surface area contributed by atoms with E-state index in [0.717, 1.165) is 5.75 Å². The molecular formula is C14H14O. The molecule has 0 spiro atoms. The van der Waals surface area contributed by atoms with Gasteiger partial charge >= 0.3 is 0 Å². The lowest BCUT2D eigenvalue weighted by Crippen LogP contribution is -1.92. The van der Waals surface area contributed by atoms with E-state index in [1.807, 2.05) is 37.3 Å². The van der Waals surface area contributed by atoms with Crippen LogP contribution in [0.25, 0.3) is 10.8 Å². The molecule has 15 heavy (non-hydrogen) atoms. The summed E-state index contributed by atoms with van der Waals surface area (Å²) < 4.78 is 5.57. The second-order valence-electron chi connectivity index (χ2n) is 3.39. The smallest absolute Gasteiger partial charge is 0.120 e. The number of hydrogen-bond acceptors (Lipinski definition) is 1. The van der Waals surface area contributed by atoms with Gasteiger partial charge in [-0.2, -0.15) is 0 Å². The van der Waals surface area contributed by atoms with Gasteiger partial charge in [0.1, 0.15) is 12.4 Å². The van der Waals surface area contributed by atoms with Gasteiger partial charge in [0.15, 0.2) is 0 Å². The second-order valence-corrected chi connectivity index (χ2v) is 3.39. The SMILES string of the molecule is CC=CCOc1ccc2ccccc2c1. The van der Waals surface area contributed by atoms with E-state index >= 15 is 0 Å². The van der Waals surface area contributed by atoms with Crippen molar-refractivity contribution >= 4 is 10.8 Å². The summed E-state index contributed by atoms with van der Waals surface area (Å²) in [4.78, 5) is 0. The lowest BCUT2D eigenvalue weighted by atomic mass is 10.1. The zero-order chi connectivity index (χ0) is 10.5. The number of fused-ring (bicyclic) bond motifs is 1. The van der Waals surface area contributed by atoms with E-state index in [0.29, 0.717) is 6.61 Å². The molecule has 0 atom stereocenters. The second kappa shape index (κ2) is 4.65. The summed E-state index contributed by atoms with van der Waals surface area (Å²) in [6, 6.07) is 14.4. The molecule has 0 radical (unpaired) electrons. The Morgan fingerprint density at radius 3 is 2.67 bits per heavy atom. The molecule has 1 heteroatoms. The van der Waals surface area contributed by atoms with Crippen molar-refractivity contribution in [1.29, 1.82) is 0 Å². The zero-order valence-corrected chi connectivity index (χ0v) is 8.81. The maximum Gasteiger partial charge on any atom is 0.120 e. The number of hydrogen-bond donors (Lipinski definition) is 0. The predicted molar refractivity (Wildman–Crippen MR) is 64.3 cm³/mol. The van der Waals surface area contributed by atoms with E-state index in [-0.39, 0.29) is 0 Å². The number of rotatable bonds is 3. The number of allylic oxidation sites excluding steroid dienone is 1. The monoisotopic (exact) mass is 198 g/mol. The van der Waals surface area contributed by atoms with Crippen LogP contribution in [0.15, 0.2) is 54.6 Å². The average Bonchev–Trinajstić information content (AvgIpc) is 2.29. The fourth-order valence-corrected chi connectivity index (χ4v) is 1.50. The largest absolute Gasteiger partial charge is 0.490 e. The fourth-order valence-electron chi connectivity index (χ4n) is 1.50. The average molecular weight is 198 g/mol. The Morgan fingerprint density at radius 2 is 1.87 bits per heavy atom. The molecule has 1 nitrogen and oxygen atoms in total. The summed E-state index contributed by atoms with van der Waals surface area (Å²) in [5.74, 6) is 0.923. The molecule has 0 fully saturated rings. The summed E-state index contributed by atoms with van der Waals surface area (Å²) in [7, 11) is 0. The summed E-state index contributed by atoms with van der Waals surface area (Å²) in [5.41, 5.74) is 0. The molecule has 0 saturated carbocycles. The van der Waals surface area contributed by atoms with Gasteiger partial charge in [0.25, 0.3) is 0 Å². The minimum Gasteiger partial charge on any atom is -0.490 e. The van der Waals surface area contributed by atoms with Crippen LogP contribution in [0.1, 0.15) is 6.92 Å². The summed E-state index contributed by atoms with van der Waals surface area (Å²) in [5, 5.41) is 2.46. The third kappa shape index (κ3) is 2.38. The summed E-state index contributed by atoms with van der Waals surface area (Å²) >= 11 is 0. The van der Waals surface area contributed by atoms with E-state index < -0.39 is 0 Å². The van der Waals surface area contributed by atoms with E-state index in [1.165, 1.54) is 10.8 Å². The minimum atomic E-state index is 0.634. The van der Waals surface area contributed by atoms with Crippen molar-refractivity contribution in [2.75, 3.05) is 6.61 Å². The van der Waals surface area contributed by atoms with Crippen molar-refractivity contribution in [1.82, 2.24) is 0 Å². The normalized spacial score (nSPS) is 11.0. The summed E-state index contributed by atoms with van der Waals surface area (Å²) in [6.07, 6.45) is 3.98.